The molecule has 0 spiro atoms. The van der Waals surface area contributed by atoms with Crippen LogP contribution >= 0.6 is 0 Å². The molecule has 26 heavy (non-hydrogen) atoms. The van der Waals surface area contributed by atoms with Crippen LogP contribution in [0.2, 0.25) is 0 Å². The van der Waals surface area contributed by atoms with E-state index in [1.54, 1.807) is 0 Å². The number of benzene rings is 2. The molecular formula is C20H20F2O4. The van der Waals surface area contributed by atoms with Crippen LogP contribution in [0.5, 0.6) is 0 Å². The van der Waals surface area contributed by atoms with Crippen molar-refractivity contribution < 1.29 is 27.8 Å². The molecule has 0 aliphatic heterocycles. The van der Waals surface area contributed by atoms with Crippen LogP contribution in [0.3, 0.4) is 0 Å². The van der Waals surface area contributed by atoms with Crippen LogP contribution < -0.4 is 0 Å². The molecule has 0 unspecified atom stereocenters. The van der Waals surface area contributed by atoms with Crippen LogP contribution in [0.4, 0.5) is 8.78 Å². The van der Waals surface area contributed by atoms with E-state index in [2.05, 4.69) is 9.47 Å². The Bertz CT molecular complexity index is 706. The zero-order valence-electron chi connectivity index (χ0n) is 14.3. The van der Waals surface area contributed by atoms with Crippen LogP contribution in [0.1, 0.15) is 24.0 Å². The van der Waals surface area contributed by atoms with Gasteiger partial charge in [-0.1, -0.05) is 24.3 Å². The quantitative estimate of drug-likeness (QED) is 0.450. The van der Waals surface area contributed by atoms with Crippen LogP contribution in [0, 0.1) is 11.6 Å². The summed E-state index contributed by atoms with van der Waals surface area (Å²) < 4.78 is 37.6. The fourth-order valence-corrected chi connectivity index (χ4v) is 2.66. The molecule has 0 aliphatic carbocycles. The molecule has 0 N–H and O–H groups in total. The number of hydrogen-bond donors (Lipinski definition) is 0. The number of hydrogen-bond acceptors (Lipinski definition) is 4. The maximum atomic E-state index is 14.2. The smallest absolute Gasteiger partial charge is 0.293 e. The van der Waals surface area contributed by atoms with Gasteiger partial charge in [-0.25, -0.2) is 8.78 Å². The Morgan fingerprint density at radius 2 is 1.31 bits per heavy atom. The van der Waals surface area contributed by atoms with Crippen molar-refractivity contribution in [3.63, 3.8) is 0 Å². The van der Waals surface area contributed by atoms with Crippen molar-refractivity contribution in [1.29, 1.82) is 0 Å². The molecule has 4 nitrogen and oxygen atoms in total. The minimum Gasteiger partial charge on any atom is -0.468 e. The number of halogens is 2. The van der Waals surface area contributed by atoms with E-state index >= 15 is 0 Å². The fourth-order valence-electron chi connectivity index (χ4n) is 2.66. The first-order valence-corrected chi connectivity index (χ1v) is 8.33. The van der Waals surface area contributed by atoms with E-state index in [4.69, 9.17) is 0 Å². The first kappa shape index (κ1) is 19.6. The normalized spacial score (nSPS) is 10.4. The minimum atomic E-state index is -0.610. The van der Waals surface area contributed by atoms with Gasteiger partial charge in [-0.05, 0) is 54.5 Å². The highest BCUT2D eigenvalue weighted by Gasteiger charge is 2.12. The third-order valence-corrected chi connectivity index (χ3v) is 3.98. The zero-order chi connectivity index (χ0) is 18.8. The van der Waals surface area contributed by atoms with Crippen molar-refractivity contribution in [3.8, 4) is 11.1 Å². The summed E-state index contributed by atoms with van der Waals surface area (Å²) in [7, 11) is 0. The van der Waals surface area contributed by atoms with E-state index in [0.29, 0.717) is 43.5 Å². The maximum Gasteiger partial charge on any atom is 0.293 e. The molecule has 2 aromatic rings. The van der Waals surface area contributed by atoms with E-state index < -0.39 is 11.6 Å². The van der Waals surface area contributed by atoms with Gasteiger partial charge in [-0.3, -0.25) is 9.59 Å². The van der Waals surface area contributed by atoms with Gasteiger partial charge in [0.1, 0.15) is 11.6 Å². The van der Waals surface area contributed by atoms with Gasteiger partial charge in [0.15, 0.2) is 0 Å². The third-order valence-electron chi connectivity index (χ3n) is 3.98. The second-order valence-corrected chi connectivity index (χ2v) is 5.76. The lowest BCUT2D eigenvalue weighted by Crippen LogP contribution is -2.01. The average Bonchev–Trinajstić information content (AvgIpc) is 2.64. The zero-order valence-corrected chi connectivity index (χ0v) is 14.3. The van der Waals surface area contributed by atoms with E-state index in [9.17, 15) is 18.4 Å². The van der Waals surface area contributed by atoms with Crippen LogP contribution in [-0.4, -0.2) is 26.2 Å². The topological polar surface area (TPSA) is 52.6 Å². The van der Waals surface area contributed by atoms with Crippen molar-refractivity contribution >= 4 is 12.9 Å². The molecule has 0 saturated heterocycles. The van der Waals surface area contributed by atoms with Crippen molar-refractivity contribution in [3.05, 3.63) is 59.2 Å². The number of carbonyl (C=O) groups excluding carboxylic acids is 2. The number of rotatable bonds is 11. The van der Waals surface area contributed by atoms with Crippen molar-refractivity contribution in [2.24, 2.45) is 0 Å². The average molecular weight is 362 g/mol. The summed E-state index contributed by atoms with van der Waals surface area (Å²) in [5, 5.41) is 0. The summed E-state index contributed by atoms with van der Waals surface area (Å²) in [6.07, 6.45) is 1.98. The lowest BCUT2D eigenvalue weighted by Gasteiger charge is -2.09. The van der Waals surface area contributed by atoms with Gasteiger partial charge in [0, 0.05) is 5.56 Å². The lowest BCUT2D eigenvalue weighted by atomic mass is 9.99. The molecule has 0 heterocycles. The van der Waals surface area contributed by atoms with E-state index in [1.165, 1.54) is 12.1 Å². The Balaban J connectivity index is 2.04. The Morgan fingerprint density at radius 3 is 1.85 bits per heavy atom. The molecule has 2 aromatic carbocycles. The molecule has 0 saturated carbocycles. The molecule has 0 aromatic heterocycles. The van der Waals surface area contributed by atoms with Crippen molar-refractivity contribution in [2.45, 2.75) is 25.7 Å². The molecule has 2 rings (SSSR count). The van der Waals surface area contributed by atoms with Gasteiger partial charge in [-0.2, -0.15) is 0 Å². The lowest BCUT2D eigenvalue weighted by molar-refractivity contribution is -0.129. The monoisotopic (exact) mass is 362 g/mol. The fraction of sp³-hybridized carbons (Fsp3) is 0.300. The van der Waals surface area contributed by atoms with Gasteiger partial charge in [-0.15, -0.1) is 0 Å². The van der Waals surface area contributed by atoms with Gasteiger partial charge in [0.2, 0.25) is 0 Å². The van der Waals surface area contributed by atoms with Gasteiger partial charge < -0.3 is 9.47 Å². The van der Waals surface area contributed by atoms with Crippen LogP contribution in [0.15, 0.2) is 36.4 Å². The highest BCUT2D eigenvalue weighted by Crippen LogP contribution is 2.26. The number of ether oxygens (including phenoxy) is 2. The van der Waals surface area contributed by atoms with Crippen molar-refractivity contribution in [2.75, 3.05) is 13.2 Å². The summed E-state index contributed by atoms with van der Waals surface area (Å²) in [6.45, 7) is 1.23. The molecular weight excluding hydrogens is 342 g/mol. The number of carbonyl (C=O) groups is 2. The molecule has 0 aliphatic rings. The summed E-state index contributed by atoms with van der Waals surface area (Å²) in [6, 6.07) is 10.0. The molecule has 0 atom stereocenters. The SMILES string of the molecule is O=COCCCc1ccc(-c2cc(F)c(CCCOC=O)c(F)c2)cc1. The van der Waals surface area contributed by atoms with E-state index in [1.807, 2.05) is 24.3 Å². The third kappa shape index (κ3) is 5.65. The Kier molecular flexibility index (Phi) is 7.74. The van der Waals surface area contributed by atoms with Crippen molar-refractivity contribution in [1.82, 2.24) is 0 Å². The standard InChI is InChI=1S/C20H20F2O4/c21-19-11-17(12-20(22)18(19)4-2-10-26-14-24)16-7-5-15(6-8-16)3-1-9-25-13-23/h5-8,11-14H,1-4,9-10H2. The van der Waals surface area contributed by atoms with Crippen LogP contribution in [0.25, 0.3) is 11.1 Å². The summed E-state index contributed by atoms with van der Waals surface area (Å²) >= 11 is 0. The van der Waals surface area contributed by atoms with Gasteiger partial charge >= 0.3 is 0 Å². The summed E-state index contributed by atoms with van der Waals surface area (Å²) in [5.41, 5.74) is 2.22. The predicted molar refractivity (Wildman–Crippen MR) is 92.5 cm³/mol. The molecule has 138 valence electrons. The maximum absolute atomic E-state index is 14.2. The Hall–Kier alpha value is -2.76. The largest absolute Gasteiger partial charge is 0.468 e. The molecule has 0 bridgehead atoms. The molecule has 0 amide bonds. The Labute approximate surface area is 150 Å². The number of aryl methyl sites for hydroxylation is 1. The van der Waals surface area contributed by atoms with E-state index in [0.717, 1.165) is 12.0 Å². The highest BCUT2D eigenvalue weighted by atomic mass is 19.1. The Morgan fingerprint density at radius 1 is 0.769 bits per heavy atom. The second kappa shape index (κ2) is 10.3. The molecule has 0 fully saturated rings. The first-order valence-electron chi connectivity index (χ1n) is 8.33. The second-order valence-electron chi connectivity index (χ2n) is 5.76. The molecule has 6 heteroatoms. The highest BCUT2D eigenvalue weighted by molar-refractivity contribution is 5.64. The summed E-state index contributed by atoms with van der Waals surface area (Å²) in [4.78, 5) is 20.2. The van der Waals surface area contributed by atoms with Crippen LogP contribution in [-0.2, 0) is 31.9 Å². The predicted octanol–water partition coefficient (Wildman–Crippen LogP) is 3.84. The van der Waals surface area contributed by atoms with Gasteiger partial charge in [0.25, 0.3) is 12.9 Å². The summed E-state index contributed by atoms with van der Waals surface area (Å²) in [5.74, 6) is -1.22. The minimum absolute atomic E-state index is 0.00459. The van der Waals surface area contributed by atoms with Gasteiger partial charge in [0.05, 0.1) is 13.2 Å². The first-order chi connectivity index (χ1) is 12.7. The molecule has 0 radical (unpaired) electrons. The van der Waals surface area contributed by atoms with E-state index in [-0.39, 0.29) is 18.6 Å².